The van der Waals surface area contributed by atoms with E-state index in [1.54, 1.807) is 24.3 Å². The number of Topliss-reactive ketones (excluding diaryl/α,β-unsaturated/α-hetero) is 1. The fourth-order valence-corrected chi connectivity index (χ4v) is 5.68. The smallest absolute Gasteiger partial charge is 0.326 e. The molecule has 6 atom stereocenters. The highest BCUT2D eigenvalue weighted by atomic mass is 16.5. The second kappa shape index (κ2) is 18.1. The third kappa shape index (κ3) is 10.7. The average Bonchev–Trinajstić information content (AvgIpc) is 3.07. The Kier molecular flexibility index (Phi) is 14.3. The molecule has 11 heteroatoms. The summed E-state index contributed by atoms with van der Waals surface area (Å²) in [6, 6.07) is 16.3. The van der Waals surface area contributed by atoms with Crippen LogP contribution in [0.1, 0.15) is 58.1 Å². The van der Waals surface area contributed by atoms with Crippen LogP contribution in [0.4, 0.5) is 0 Å². The summed E-state index contributed by atoms with van der Waals surface area (Å²) in [7, 11) is 2.93. The van der Waals surface area contributed by atoms with Crippen LogP contribution in [-0.2, 0) is 46.3 Å². The number of hydrogen-bond acceptors (Lipinski definition) is 7. The van der Waals surface area contributed by atoms with Crippen molar-refractivity contribution >= 4 is 35.4 Å². The highest BCUT2D eigenvalue weighted by Crippen LogP contribution is 2.19. The molecule has 11 nitrogen and oxygen atoms in total. The van der Waals surface area contributed by atoms with E-state index < -0.39 is 60.2 Å². The van der Waals surface area contributed by atoms with E-state index in [4.69, 9.17) is 4.74 Å². The van der Waals surface area contributed by atoms with E-state index in [9.17, 15) is 28.8 Å². The number of ether oxygens (including phenoxy) is 1. The molecule has 3 rings (SSSR count). The van der Waals surface area contributed by atoms with E-state index in [1.807, 2.05) is 64.1 Å². The second-order valence-corrected chi connectivity index (χ2v) is 12.9. The van der Waals surface area contributed by atoms with Gasteiger partial charge in [-0.15, -0.1) is 0 Å². The molecule has 0 saturated carbocycles. The first-order valence-corrected chi connectivity index (χ1v) is 16.7. The summed E-state index contributed by atoms with van der Waals surface area (Å²) in [6.45, 7) is 6.67. The molecule has 1 saturated heterocycles. The van der Waals surface area contributed by atoms with Crippen LogP contribution in [0, 0.1) is 17.8 Å². The van der Waals surface area contributed by atoms with Gasteiger partial charge in [0.05, 0.1) is 6.54 Å². The molecule has 0 radical (unpaired) electrons. The van der Waals surface area contributed by atoms with E-state index in [-0.39, 0.29) is 43.4 Å². The third-order valence-electron chi connectivity index (χ3n) is 9.09. The first-order valence-electron chi connectivity index (χ1n) is 16.7. The minimum atomic E-state index is -1.29. The maximum absolute atomic E-state index is 13.8. The van der Waals surface area contributed by atoms with Gasteiger partial charge in [0.15, 0.2) is 11.9 Å². The number of esters is 1. The zero-order valence-corrected chi connectivity index (χ0v) is 28.9. The van der Waals surface area contributed by atoms with Crippen molar-refractivity contribution in [1.29, 1.82) is 0 Å². The molecule has 1 aliphatic heterocycles. The van der Waals surface area contributed by atoms with Crippen LogP contribution in [0.2, 0.25) is 0 Å². The van der Waals surface area contributed by atoms with Crippen LogP contribution in [0.15, 0.2) is 60.7 Å². The molecule has 48 heavy (non-hydrogen) atoms. The third-order valence-corrected chi connectivity index (χ3v) is 9.09. The van der Waals surface area contributed by atoms with Gasteiger partial charge < -0.3 is 25.2 Å². The minimum absolute atomic E-state index is 0.0418. The van der Waals surface area contributed by atoms with E-state index in [0.717, 1.165) is 11.1 Å². The molecule has 1 heterocycles. The van der Waals surface area contributed by atoms with E-state index in [0.29, 0.717) is 12.8 Å². The lowest BCUT2D eigenvalue weighted by molar-refractivity contribution is -0.159. The number of carbonyl (C=O) groups is 6. The number of cyclic esters (lactones) is 1. The van der Waals surface area contributed by atoms with Crippen LogP contribution in [0.3, 0.4) is 0 Å². The summed E-state index contributed by atoms with van der Waals surface area (Å²) >= 11 is 0. The van der Waals surface area contributed by atoms with E-state index in [1.165, 1.54) is 23.9 Å². The Balaban J connectivity index is 2.01. The molecule has 1 fully saturated rings. The first-order chi connectivity index (χ1) is 22.8. The van der Waals surface area contributed by atoms with Gasteiger partial charge in [-0.3, -0.25) is 28.8 Å². The lowest BCUT2D eigenvalue weighted by Crippen LogP contribution is -2.55. The molecule has 1 aliphatic rings. The van der Waals surface area contributed by atoms with Gasteiger partial charge in [-0.05, 0) is 29.4 Å². The fourth-order valence-electron chi connectivity index (χ4n) is 5.68. The lowest BCUT2D eigenvalue weighted by atomic mass is 9.91. The summed E-state index contributed by atoms with van der Waals surface area (Å²) in [5, 5.41) is 5.67. The number of carbonyl (C=O) groups excluding carboxylic acids is 6. The lowest BCUT2D eigenvalue weighted by Gasteiger charge is -2.31. The molecular weight excluding hydrogens is 612 g/mol. The number of likely N-dealkylation sites (N-methyl/N-ethyl adjacent to an activating group) is 2. The van der Waals surface area contributed by atoms with Gasteiger partial charge in [-0.25, -0.2) is 0 Å². The monoisotopic (exact) mass is 662 g/mol. The van der Waals surface area contributed by atoms with Gasteiger partial charge in [-0.2, -0.15) is 0 Å². The Morgan fingerprint density at radius 3 is 1.65 bits per heavy atom. The van der Waals surface area contributed by atoms with Crippen molar-refractivity contribution in [3.63, 3.8) is 0 Å². The van der Waals surface area contributed by atoms with Crippen LogP contribution in [-0.4, -0.2) is 90.6 Å². The predicted octanol–water partition coefficient (Wildman–Crippen LogP) is 2.95. The zero-order chi connectivity index (χ0) is 35.4. The average molecular weight is 663 g/mol. The number of benzene rings is 2. The van der Waals surface area contributed by atoms with Crippen molar-refractivity contribution in [2.24, 2.45) is 17.8 Å². The summed E-state index contributed by atoms with van der Waals surface area (Å²) < 4.78 is 5.69. The number of rotatable bonds is 8. The van der Waals surface area contributed by atoms with Crippen LogP contribution in [0.25, 0.3) is 0 Å². The molecule has 2 aromatic rings. The maximum atomic E-state index is 13.8. The molecule has 2 aromatic carbocycles. The topological polar surface area (TPSA) is 142 Å². The summed E-state index contributed by atoms with van der Waals surface area (Å²) in [6.07, 6.45) is -0.0702. The van der Waals surface area contributed by atoms with E-state index >= 15 is 0 Å². The van der Waals surface area contributed by atoms with Crippen molar-refractivity contribution in [3.05, 3.63) is 71.8 Å². The standard InChI is InChI=1S/C37H50N4O7/c1-7-24(3)32-37(47)41(6)23-31(43)48-30(20-27-17-13-10-14-18-27)35(45)39-33(25(4)8-2)36(46)40(5)22-29(42)21-28(34(44)38-32)19-26-15-11-9-12-16-26/h9-18,24-25,28,30,32-33H,7-8,19-23H2,1-6H3,(H,38,44)(H,39,45)/t24-,25-,28+,30-,32+,33+/m1/s1. The Bertz CT molecular complexity index is 1310. The molecule has 0 aromatic heterocycles. The highest BCUT2D eigenvalue weighted by Gasteiger charge is 2.36. The van der Waals surface area contributed by atoms with Crippen molar-refractivity contribution < 1.29 is 33.5 Å². The van der Waals surface area contributed by atoms with Gasteiger partial charge in [0.2, 0.25) is 17.7 Å². The van der Waals surface area contributed by atoms with Crippen LogP contribution < -0.4 is 10.6 Å². The van der Waals surface area contributed by atoms with Crippen molar-refractivity contribution in [2.75, 3.05) is 27.2 Å². The first kappa shape index (κ1) is 37.9. The van der Waals surface area contributed by atoms with Gasteiger partial charge >= 0.3 is 5.97 Å². The fraction of sp³-hybridized carbons (Fsp3) is 0.514. The Labute approximate surface area is 283 Å². The predicted molar refractivity (Wildman–Crippen MR) is 181 cm³/mol. The van der Waals surface area contributed by atoms with Gasteiger partial charge in [-0.1, -0.05) is 101 Å². The minimum Gasteiger partial charge on any atom is -0.451 e. The summed E-state index contributed by atoms with van der Waals surface area (Å²) in [5.74, 6) is -4.66. The molecule has 4 amide bonds. The molecular formula is C37H50N4O7. The van der Waals surface area contributed by atoms with E-state index in [2.05, 4.69) is 10.6 Å². The second-order valence-electron chi connectivity index (χ2n) is 12.9. The number of nitrogens with zero attached hydrogens (tertiary/aromatic N) is 2. The molecule has 260 valence electrons. The Morgan fingerprint density at radius 2 is 1.15 bits per heavy atom. The van der Waals surface area contributed by atoms with Crippen molar-refractivity contribution in [1.82, 2.24) is 20.4 Å². The van der Waals surface area contributed by atoms with Crippen LogP contribution in [0.5, 0.6) is 0 Å². The largest absolute Gasteiger partial charge is 0.451 e. The van der Waals surface area contributed by atoms with Gasteiger partial charge in [0, 0.05) is 32.9 Å². The maximum Gasteiger partial charge on any atom is 0.326 e. The molecule has 0 bridgehead atoms. The number of nitrogens with one attached hydrogen (secondary N) is 2. The normalized spacial score (nSPS) is 23.8. The van der Waals surface area contributed by atoms with Crippen molar-refractivity contribution in [2.45, 2.75) is 78.0 Å². The highest BCUT2D eigenvalue weighted by molar-refractivity contribution is 5.95. The summed E-state index contributed by atoms with van der Waals surface area (Å²) in [4.78, 5) is 84.2. The zero-order valence-electron chi connectivity index (χ0n) is 28.9. The Hall–Kier alpha value is -4.54. The molecule has 0 aliphatic carbocycles. The summed E-state index contributed by atoms with van der Waals surface area (Å²) in [5.41, 5.74) is 1.57. The molecule has 2 N–H and O–H groups in total. The van der Waals surface area contributed by atoms with Crippen LogP contribution >= 0.6 is 0 Å². The van der Waals surface area contributed by atoms with Gasteiger partial charge in [0.1, 0.15) is 18.6 Å². The molecule has 0 unspecified atom stereocenters. The molecule has 0 spiro atoms. The SMILES string of the molecule is CC[C@@H](C)[C@@H]1NC(=O)[C@@H](Cc2ccccc2)CC(=O)CN(C)C(=O)[C@H]([C@H](C)CC)NC(=O)[C@@H](Cc2ccccc2)OC(=O)CN(C)C1=O. The van der Waals surface area contributed by atoms with Gasteiger partial charge in [0.25, 0.3) is 5.91 Å². The number of ketones is 1. The van der Waals surface area contributed by atoms with Crippen molar-refractivity contribution in [3.8, 4) is 0 Å². The number of hydrogen-bond donors (Lipinski definition) is 2. The number of amides is 4. The Morgan fingerprint density at radius 1 is 0.688 bits per heavy atom. The quantitative estimate of drug-likeness (QED) is 0.414.